The van der Waals surface area contributed by atoms with Gasteiger partial charge in [0.15, 0.2) is 0 Å². The van der Waals surface area contributed by atoms with Crippen molar-refractivity contribution in [2.45, 2.75) is 20.4 Å². The Morgan fingerprint density at radius 2 is 1.58 bits per heavy atom. The lowest BCUT2D eigenvalue weighted by atomic mass is 9.92. The third kappa shape index (κ3) is 4.85. The van der Waals surface area contributed by atoms with Gasteiger partial charge < -0.3 is 9.67 Å². The van der Waals surface area contributed by atoms with E-state index < -0.39 is 5.97 Å². The molecule has 0 atom stereocenters. The second-order valence-corrected chi connectivity index (χ2v) is 8.12. The Morgan fingerprint density at radius 3 is 2.24 bits per heavy atom. The van der Waals surface area contributed by atoms with Crippen LogP contribution in [0.25, 0.3) is 23.3 Å². The van der Waals surface area contributed by atoms with Crippen LogP contribution in [0.5, 0.6) is 0 Å². The first-order valence-corrected chi connectivity index (χ1v) is 10.8. The molecule has 0 aliphatic carbocycles. The zero-order valence-electron chi connectivity index (χ0n) is 18.7. The summed E-state index contributed by atoms with van der Waals surface area (Å²) in [5.41, 5.74) is 5.17. The molecule has 4 rings (SSSR count). The maximum absolute atomic E-state index is 13.8. The number of benzene rings is 3. The highest BCUT2D eigenvalue weighted by molar-refractivity contribution is 5.98. The predicted molar refractivity (Wildman–Crippen MR) is 133 cm³/mol. The first-order chi connectivity index (χ1) is 15.9. The molecule has 3 aromatic carbocycles. The number of aromatic nitrogens is 1. The third-order valence-electron chi connectivity index (χ3n) is 5.63. The summed E-state index contributed by atoms with van der Waals surface area (Å²) < 4.78 is 1.66. The molecule has 0 spiro atoms. The molecule has 0 bridgehead atoms. The molecular weight excluding hydrogens is 410 g/mol. The maximum atomic E-state index is 13.8. The van der Waals surface area contributed by atoms with Crippen LogP contribution in [0.1, 0.15) is 38.2 Å². The van der Waals surface area contributed by atoms with E-state index in [4.69, 9.17) is 0 Å². The minimum Gasteiger partial charge on any atom is -0.478 e. The van der Waals surface area contributed by atoms with Gasteiger partial charge in [0.05, 0.1) is 17.7 Å². The van der Waals surface area contributed by atoms with Crippen molar-refractivity contribution in [1.82, 2.24) is 4.57 Å². The summed E-state index contributed by atoms with van der Waals surface area (Å²) in [7, 11) is 0. The van der Waals surface area contributed by atoms with E-state index in [1.165, 1.54) is 0 Å². The SMILES string of the molecule is Cc1ccc(-c2c(/C=C/c3ccccc3)c(C)cn(Cc3ccccc3)c2=O)c(C(=O)O)c1. The third-order valence-corrected chi connectivity index (χ3v) is 5.63. The van der Waals surface area contributed by atoms with Gasteiger partial charge in [0.25, 0.3) is 5.56 Å². The monoisotopic (exact) mass is 435 g/mol. The Balaban J connectivity index is 1.95. The number of carboxylic acid groups (broad SMARTS) is 1. The largest absolute Gasteiger partial charge is 0.478 e. The summed E-state index contributed by atoms with van der Waals surface area (Å²) in [4.78, 5) is 25.8. The second-order valence-electron chi connectivity index (χ2n) is 8.12. The van der Waals surface area contributed by atoms with Crippen molar-refractivity contribution >= 4 is 18.1 Å². The molecule has 0 unspecified atom stereocenters. The van der Waals surface area contributed by atoms with Gasteiger partial charge in [0, 0.05) is 11.8 Å². The Morgan fingerprint density at radius 1 is 0.909 bits per heavy atom. The normalized spacial score (nSPS) is 11.1. The fourth-order valence-corrected chi connectivity index (χ4v) is 3.99. The highest BCUT2D eigenvalue weighted by Gasteiger charge is 2.20. The number of rotatable bonds is 6. The molecule has 4 nitrogen and oxygen atoms in total. The summed E-state index contributed by atoms with van der Waals surface area (Å²) in [6, 6.07) is 24.8. The van der Waals surface area contributed by atoms with E-state index in [0.29, 0.717) is 17.7 Å². The number of aromatic carboxylic acids is 1. The highest BCUT2D eigenvalue weighted by atomic mass is 16.4. The Hall–Kier alpha value is -4.18. The van der Waals surface area contributed by atoms with Crippen LogP contribution in [-0.4, -0.2) is 15.6 Å². The van der Waals surface area contributed by atoms with E-state index in [1.54, 1.807) is 16.7 Å². The standard InChI is InChI=1S/C29H25NO3/c1-20-13-15-25(26(17-20)29(32)33)27-24(16-14-22-9-5-3-6-10-22)21(2)18-30(28(27)31)19-23-11-7-4-8-12-23/h3-18H,19H2,1-2H3,(H,32,33)/b16-14+. The van der Waals surface area contributed by atoms with Crippen molar-refractivity contribution in [3.8, 4) is 11.1 Å². The lowest BCUT2D eigenvalue weighted by Crippen LogP contribution is -2.24. The number of carboxylic acids is 1. The number of nitrogens with zero attached hydrogens (tertiary/aromatic N) is 1. The van der Waals surface area contributed by atoms with Gasteiger partial charge in [0.2, 0.25) is 0 Å². The van der Waals surface area contributed by atoms with Gasteiger partial charge in [-0.15, -0.1) is 0 Å². The fourth-order valence-electron chi connectivity index (χ4n) is 3.99. The molecule has 164 valence electrons. The van der Waals surface area contributed by atoms with Crippen LogP contribution in [0.2, 0.25) is 0 Å². The topological polar surface area (TPSA) is 59.3 Å². The molecule has 0 fully saturated rings. The van der Waals surface area contributed by atoms with Gasteiger partial charge >= 0.3 is 5.97 Å². The molecule has 0 radical (unpaired) electrons. The average molecular weight is 436 g/mol. The van der Waals surface area contributed by atoms with Crippen molar-refractivity contribution in [3.63, 3.8) is 0 Å². The van der Waals surface area contributed by atoms with Gasteiger partial charge in [-0.1, -0.05) is 90.5 Å². The van der Waals surface area contributed by atoms with Crippen LogP contribution in [0.3, 0.4) is 0 Å². The average Bonchev–Trinajstić information content (AvgIpc) is 2.82. The fraction of sp³-hybridized carbons (Fsp3) is 0.103. The summed E-state index contributed by atoms with van der Waals surface area (Å²) in [6.07, 6.45) is 5.69. The Bertz CT molecular complexity index is 1380. The van der Waals surface area contributed by atoms with Crippen molar-refractivity contribution < 1.29 is 9.90 Å². The predicted octanol–water partition coefficient (Wildman–Crippen LogP) is 6.05. The molecule has 0 aliphatic rings. The first-order valence-electron chi connectivity index (χ1n) is 10.8. The number of carbonyl (C=O) groups is 1. The Kier molecular flexibility index (Phi) is 6.36. The molecule has 1 N–H and O–H groups in total. The second kappa shape index (κ2) is 9.53. The lowest BCUT2D eigenvalue weighted by molar-refractivity contribution is 0.0697. The number of pyridine rings is 1. The minimum absolute atomic E-state index is 0.123. The first kappa shape index (κ1) is 22.0. The highest BCUT2D eigenvalue weighted by Crippen LogP contribution is 2.29. The van der Waals surface area contributed by atoms with E-state index in [-0.39, 0.29) is 11.1 Å². The summed E-state index contributed by atoms with van der Waals surface area (Å²) >= 11 is 0. The van der Waals surface area contributed by atoms with E-state index in [9.17, 15) is 14.7 Å². The molecule has 33 heavy (non-hydrogen) atoms. The van der Waals surface area contributed by atoms with E-state index in [0.717, 1.165) is 27.8 Å². The van der Waals surface area contributed by atoms with Crippen molar-refractivity contribution in [2.75, 3.05) is 0 Å². The minimum atomic E-state index is -1.05. The van der Waals surface area contributed by atoms with Crippen LogP contribution >= 0.6 is 0 Å². The zero-order valence-corrected chi connectivity index (χ0v) is 18.7. The smallest absolute Gasteiger partial charge is 0.336 e. The molecule has 0 saturated carbocycles. The van der Waals surface area contributed by atoms with Crippen LogP contribution < -0.4 is 5.56 Å². The quantitative estimate of drug-likeness (QED) is 0.401. The Labute approximate surface area is 193 Å². The van der Waals surface area contributed by atoms with Crippen LogP contribution in [0.4, 0.5) is 0 Å². The molecule has 1 heterocycles. The van der Waals surface area contributed by atoms with Crippen LogP contribution in [0.15, 0.2) is 89.9 Å². The molecule has 1 aromatic heterocycles. The molecular formula is C29H25NO3. The van der Waals surface area contributed by atoms with E-state index in [2.05, 4.69) is 0 Å². The van der Waals surface area contributed by atoms with Crippen molar-refractivity contribution in [2.24, 2.45) is 0 Å². The van der Waals surface area contributed by atoms with Gasteiger partial charge in [-0.2, -0.15) is 0 Å². The summed E-state index contributed by atoms with van der Waals surface area (Å²) in [5, 5.41) is 9.89. The van der Waals surface area contributed by atoms with Gasteiger partial charge in [-0.3, -0.25) is 4.79 Å². The molecule has 4 heteroatoms. The number of aryl methyl sites for hydroxylation is 2. The van der Waals surface area contributed by atoms with Crippen LogP contribution in [-0.2, 0) is 6.54 Å². The van der Waals surface area contributed by atoms with Gasteiger partial charge in [-0.05, 0) is 42.2 Å². The van der Waals surface area contributed by atoms with Crippen LogP contribution in [0, 0.1) is 13.8 Å². The van der Waals surface area contributed by atoms with Gasteiger partial charge in [-0.25, -0.2) is 4.79 Å². The molecule has 0 aliphatic heterocycles. The van der Waals surface area contributed by atoms with E-state index >= 15 is 0 Å². The lowest BCUT2D eigenvalue weighted by Gasteiger charge is -2.16. The van der Waals surface area contributed by atoms with Crippen molar-refractivity contribution in [1.29, 1.82) is 0 Å². The summed E-state index contributed by atoms with van der Waals surface area (Å²) in [5.74, 6) is -1.05. The zero-order chi connectivity index (χ0) is 23.4. The number of hydrogen-bond acceptors (Lipinski definition) is 2. The number of hydrogen-bond donors (Lipinski definition) is 1. The molecule has 4 aromatic rings. The van der Waals surface area contributed by atoms with Gasteiger partial charge in [0.1, 0.15) is 0 Å². The molecule has 0 saturated heterocycles. The summed E-state index contributed by atoms with van der Waals surface area (Å²) in [6.45, 7) is 4.20. The van der Waals surface area contributed by atoms with E-state index in [1.807, 2.05) is 98.9 Å². The maximum Gasteiger partial charge on any atom is 0.336 e. The van der Waals surface area contributed by atoms with Crippen molar-refractivity contribution in [3.05, 3.63) is 129 Å². The molecule has 0 amide bonds.